The van der Waals surface area contributed by atoms with Crippen molar-refractivity contribution in [3.63, 3.8) is 0 Å². The van der Waals surface area contributed by atoms with E-state index in [1.54, 1.807) is 24.3 Å². The number of nitrogens with one attached hydrogen (secondary N) is 1. The molecule has 0 saturated heterocycles. The summed E-state index contributed by atoms with van der Waals surface area (Å²) in [6.07, 6.45) is 1.51. The van der Waals surface area contributed by atoms with Crippen molar-refractivity contribution in [2.75, 3.05) is 14.2 Å². The van der Waals surface area contributed by atoms with Gasteiger partial charge in [0.25, 0.3) is 0 Å². The van der Waals surface area contributed by atoms with E-state index in [1.165, 1.54) is 26.5 Å². The maximum atomic E-state index is 11.5. The first-order valence-corrected chi connectivity index (χ1v) is 7.80. The van der Waals surface area contributed by atoms with Gasteiger partial charge < -0.3 is 28.8 Å². The molecular formula is C18H14N2O7. The lowest BCUT2D eigenvalue weighted by Gasteiger charge is -2.09. The van der Waals surface area contributed by atoms with Gasteiger partial charge in [-0.25, -0.2) is 4.79 Å². The van der Waals surface area contributed by atoms with Gasteiger partial charge in [0, 0.05) is 16.8 Å². The molecule has 2 N–H and O–H groups in total. The van der Waals surface area contributed by atoms with E-state index >= 15 is 0 Å². The fourth-order valence-corrected chi connectivity index (χ4v) is 2.84. The molecule has 2 aromatic carbocycles. The minimum absolute atomic E-state index is 0.0367. The minimum Gasteiger partial charge on any atom is -0.496 e. The van der Waals surface area contributed by atoms with Crippen LogP contribution in [0.1, 0.15) is 10.4 Å². The van der Waals surface area contributed by atoms with Crippen molar-refractivity contribution in [3.8, 4) is 45.4 Å². The van der Waals surface area contributed by atoms with Crippen LogP contribution in [0.15, 0.2) is 41.1 Å². The fourth-order valence-electron chi connectivity index (χ4n) is 2.84. The lowest BCUT2D eigenvalue weighted by molar-refractivity contribution is 0.0248. The topological polar surface area (TPSA) is 112 Å². The third-order valence-corrected chi connectivity index (χ3v) is 4.11. The van der Waals surface area contributed by atoms with Gasteiger partial charge in [-0.3, -0.25) is 0 Å². The second kappa shape index (κ2) is 6.54. The first kappa shape index (κ1) is 16.7. The van der Waals surface area contributed by atoms with E-state index in [4.69, 9.17) is 23.7 Å². The zero-order valence-electron chi connectivity index (χ0n) is 14.3. The molecule has 9 heteroatoms. The van der Waals surface area contributed by atoms with Gasteiger partial charge in [0.1, 0.15) is 11.3 Å². The lowest BCUT2D eigenvalue weighted by Crippen LogP contribution is -2.14. The molecule has 1 aliphatic heterocycles. The summed E-state index contributed by atoms with van der Waals surface area (Å²) in [6.45, 7) is 0. The standard InChI is InChI=1S/C18H14N2O7/c1-23-13-4-3-9(5-11(13)18(21)22)12-8-19-26-16(12)10-6-14(24-2)17-15(7-10)25-20-27-17/h3-8,20H,1-2H3,(H,21,22). The second-order valence-electron chi connectivity index (χ2n) is 5.58. The first-order chi connectivity index (χ1) is 13.1. The molecular weight excluding hydrogens is 356 g/mol. The molecule has 1 aliphatic rings. The number of rotatable bonds is 5. The molecule has 4 rings (SSSR count). The normalized spacial score (nSPS) is 12.1. The number of aromatic carboxylic acids is 1. The number of fused-ring (bicyclic) bond motifs is 1. The Kier molecular flexibility index (Phi) is 4.05. The van der Waals surface area contributed by atoms with Crippen molar-refractivity contribution in [1.82, 2.24) is 10.8 Å². The summed E-state index contributed by atoms with van der Waals surface area (Å²) in [5, 5.41) is 13.3. The molecule has 0 saturated carbocycles. The summed E-state index contributed by atoms with van der Waals surface area (Å²) in [5.41, 5.74) is 4.18. The number of ether oxygens (including phenoxy) is 2. The van der Waals surface area contributed by atoms with Crippen LogP contribution in [0.25, 0.3) is 22.5 Å². The number of carboxylic acid groups (broad SMARTS) is 1. The van der Waals surface area contributed by atoms with Gasteiger partial charge in [0.05, 0.1) is 20.4 Å². The van der Waals surface area contributed by atoms with Gasteiger partial charge in [-0.15, -0.1) is 0 Å². The van der Waals surface area contributed by atoms with Crippen molar-refractivity contribution in [1.29, 1.82) is 0 Å². The van der Waals surface area contributed by atoms with E-state index in [9.17, 15) is 9.90 Å². The van der Waals surface area contributed by atoms with Gasteiger partial charge in [0.15, 0.2) is 11.5 Å². The van der Waals surface area contributed by atoms with E-state index in [0.29, 0.717) is 39.7 Å². The van der Waals surface area contributed by atoms with Crippen molar-refractivity contribution < 1.29 is 33.6 Å². The Bertz CT molecular complexity index is 1030. The molecule has 0 atom stereocenters. The summed E-state index contributed by atoms with van der Waals surface area (Å²) in [6, 6.07) is 8.22. The highest BCUT2D eigenvalue weighted by Gasteiger charge is 2.24. The highest BCUT2D eigenvalue weighted by molar-refractivity contribution is 5.93. The molecule has 0 bridgehead atoms. The highest BCUT2D eigenvalue weighted by Crippen LogP contribution is 2.45. The van der Waals surface area contributed by atoms with Gasteiger partial charge in [-0.1, -0.05) is 11.2 Å². The molecule has 0 amide bonds. The SMILES string of the molecule is COc1ccc(-c2cnoc2-c2cc(OC)c3c(c2)ONO3)cc1C(=O)O. The zero-order valence-corrected chi connectivity index (χ0v) is 14.3. The Morgan fingerprint density at radius 3 is 2.63 bits per heavy atom. The number of benzene rings is 2. The summed E-state index contributed by atoms with van der Waals surface area (Å²) in [7, 11) is 2.92. The van der Waals surface area contributed by atoms with E-state index in [-0.39, 0.29) is 11.3 Å². The van der Waals surface area contributed by atoms with Crippen LogP contribution in [0.4, 0.5) is 0 Å². The van der Waals surface area contributed by atoms with Crippen LogP contribution in [0.2, 0.25) is 0 Å². The van der Waals surface area contributed by atoms with Crippen LogP contribution in [-0.4, -0.2) is 30.5 Å². The van der Waals surface area contributed by atoms with E-state index in [2.05, 4.69) is 10.8 Å². The number of aromatic nitrogens is 1. The van der Waals surface area contributed by atoms with Crippen molar-refractivity contribution in [2.45, 2.75) is 0 Å². The van der Waals surface area contributed by atoms with Crippen LogP contribution in [0.3, 0.4) is 0 Å². The summed E-state index contributed by atoms with van der Waals surface area (Å²) >= 11 is 0. The molecule has 0 unspecified atom stereocenters. The maximum Gasteiger partial charge on any atom is 0.339 e. The fraction of sp³-hybridized carbons (Fsp3) is 0.111. The molecule has 0 radical (unpaired) electrons. The Balaban J connectivity index is 1.83. The monoisotopic (exact) mass is 370 g/mol. The Morgan fingerprint density at radius 1 is 1.07 bits per heavy atom. The quantitative estimate of drug-likeness (QED) is 0.700. The Labute approximate surface area is 152 Å². The predicted octanol–water partition coefficient (Wildman–Crippen LogP) is 2.91. The summed E-state index contributed by atoms with van der Waals surface area (Å²) < 4.78 is 15.8. The second-order valence-corrected chi connectivity index (χ2v) is 5.58. The smallest absolute Gasteiger partial charge is 0.339 e. The number of carboxylic acids is 1. The van der Waals surface area contributed by atoms with Crippen molar-refractivity contribution >= 4 is 5.97 Å². The molecule has 3 aromatic rings. The van der Waals surface area contributed by atoms with Gasteiger partial charge in [-0.05, 0) is 29.8 Å². The molecule has 1 aromatic heterocycles. The van der Waals surface area contributed by atoms with Gasteiger partial charge in [-0.2, -0.15) is 0 Å². The highest BCUT2D eigenvalue weighted by atomic mass is 16.9. The lowest BCUT2D eigenvalue weighted by atomic mass is 9.99. The first-order valence-electron chi connectivity index (χ1n) is 7.80. The van der Waals surface area contributed by atoms with E-state index in [0.717, 1.165) is 0 Å². The Hall–Kier alpha value is -3.72. The third kappa shape index (κ3) is 2.79. The maximum absolute atomic E-state index is 11.5. The van der Waals surface area contributed by atoms with Gasteiger partial charge in [0.2, 0.25) is 11.5 Å². The molecule has 138 valence electrons. The summed E-state index contributed by atoms with van der Waals surface area (Å²) in [5.74, 6) is 0.874. The molecule has 2 heterocycles. The number of hydrogen-bond donors (Lipinski definition) is 2. The average Bonchev–Trinajstić information content (AvgIpc) is 3.35. The van der Waals surface area contributed by atoms with Gasteiger partial charge >= 0.3 is 5.97 Å². The number of nitrogens with zero attached hydrogens (tertiary/aromatic N) is 1. The van der Waals surface area contributed by atoms with Crippen LogP contribution < -0.4 is 24.8 Å². The van der Waals surface area contributed by atoms with E-state index < -0.39 is 5.97 Å². The predicted molar refractivity (Wildman–Crippen MR) is 91.8 cm³/mol. The van der Waals surface area contributed by atoms with Crippen molar-refractivity contribution in [2.24, 2.45) is 0 Å². The number of methoxy groups -OCH3 is 2. The third-order valence-electron chi connectivity index (χ3n) is 4.11. The summed E-state index contributed by atoms with van der Waals surface area (Å²) in [4.78, 5) is 21.8. The zero-order chi connectivity index (χ0) is 19.0. The molecule has 27 heavy (non-hydrogen) atoms. The average molecular weight is 370 g/mol. The number of hydrogen-bond acceptors (Lipinski definition) is 8. The molecule has 0 fully saturated rings. The van der Waals surface area contributed by atoms with Crippen LogP contribution >= 0.6 is 0 Å². The molecule has 9 nitrogen and oxygen atoms in total. The molecule has 0 aliphatic carbocycles. The molecule has 0 spiro atoms. The minimum atomic E-state index is -1.09. The van der Waals surface area contributed by atoms with Crippen LogP contribution in [0, 0.1) is 0 Å². The largest absolute Gasteiger partial charge is 0.496 e. The Morgan fingerprint density at radius 2 is 1.89 bits per heavy atom. The van der Waals surface area contributed by atoms with Crippen LogP contribution in [-0.2, 0) is 0 Å². The van der Waals surface area contributed by atoms with Crippen molar-refractivity contribution in [3.05, 3.63) is 42.1 Å². The number of carbonyl (C=O) groups is 1. The van der Waals surface area contributed by atoms with Crippen LogP contribution in [0.5, 0.6) is 23.0 Å². The van der Waals surface area contributed by atoms with E-state index in [1.807, 2.05) is 0 Å².